The van der Waals surface area contributed by atoms with E-state index in [9.17, 15) is 13.2 Å². The predicted octanol–water partition coefficient (Wildman–Crippen LogP) is 2.37. The van der Waals surface area contributed by atoms with Gasteiger partial charge in [0.2, 0.25) is 0 Å². The van der Waals surface area contributed by atoms with Crippen molar-refractivity contribution in [2.75, 3.05) is 24.2 Å². The van der Waals surface area contributed by atoms with Gasteiger partial charge in [0.25, 0.3) is 0 Å². The number of anilines is 2. The van der Waals surface area contributed by atoms with Gasteiger partial charge in [-0.25, -0.2) is 9.97 Å². The van der Waals surface area contributed by atoms with E-state index in [-0.39, 0.29) is 5.82 Å². The van der Waals surface area contributed by atoms with Gasteiger partial charge < -0.3 is 10.6 Å². The summed E-state index contributed by atoms with van der Waals surface area (Å²) in [6.07, 6.45) is -2.23. The Morgan fingerprint density at radius 2 is 1.94 bits per heavy atom. The van der Waals surface area contributed by atoms with Crippen LogP contribution in [-0.4, -0.2) is 29.7 Å². The van der Waals surface area contributed by atoms with Crippen LogP contribution in [0.4, 0.5) is 24.8 Å². The fraction of sp³-hybridized carbons (Fsp3) is 0.600. The van der Waals surface area contributed by atoms with Gasteiger partial charge in [-0.2, -0.15) is 13.2 Å². The summed E-state index contributed by atoms with van der Waals surface area (Å²) < 4.78 is 36.2. The monoisotopic (exact) mass is 246 g/mol. The molecule has 1 aromatic rings. The second-order valence-electron chi connectivity index (χ2n) is 3.99. The molecule has 0 atom stereocenters. The van der Waals surface area contributed by atoms with Gasteiger partial charge in [-0.3, -0.25) is 0 Å². The molecule has 0 spiro atoms. The molecule has 17 heavy (non-hydrogen) atoms. The van der Waals surface area contributed by atoms with E-state index in [4.69, 9.17) is 0 Å². The minimum atomic E-state index is -4.25. The fourth-order valence-electron chi connectivity index (χ4n) is 1.40. The number of hydrogen-bond donors (Lipinski definition) is 2. The van der Waals surface area contributed by atoms with Crippen LogP contribution in [0.3, 0.4) is 0 Å². The lowest BCUT2D eigenvalue weighted by molar-refractivity contribution is -0.115. The largest absolute Gasteiger partial charge is 0.405 e. The molecule has 0 radical (unpaired) electrons. The highest BCUT2D eigenvalue weighted by Crippen LogP contribution is 2.38. The third-order valence-electron chi connectivity index (χ3n) is 2.41. The van der Waals surface area contributed by atoms with Gasteiger partial charge in [0.15, 0.2) is 0 Å². The lowest BCUT2D eigenvalue weighted by Gasteiger charge is -2.11. The van der Waals surface area contributed by atoms with Crippen molar-refractivity contribution in [3.63, 3.8) is 0 Å². The molecule has 0 amide bonds. The molecule has 1 heterocycles. The molecule has 1 aliphatic rings. The van der Waals surface area contributed by atoms with E-state index in [0.717, 1.165) is 12.8 Å². The van der Waals surface area contributed by atoms with Crippen LogP contribution in [0.15, 0.2) is 6.07 Å². The predicted molar refractivity (Wildman–Crippen MR) is 58.1 cm³/mol. The molecule has 0 saturated heterocycles. The minimum absolute atomic E-state index is 0.212. The molecular weight excluding hydrogens is 233 g/mol. The maximum absolute atomic E-state index is 12.1. The zero-order chi connectivity index (χ0) is 12.5. The van der Waals surface area contributed by atoms with Crippen molar-refractivity contribution in [3.05, 3.63) is 11.9 Å². The number of nitrogens with one attached hydrogen (secondary N) is 2. The second kappa shape index (κ2) is 4.38. The minimum Gasteiger partial charge on any atom is -0.373 e. The number of alkyl halides is 3. The van der Waals surface area contributed by atoms with Gasteiger partial charge in [-0.05, 0) is 12.8 Å². The maximum Gasteiger partial charge on any atom is 0.405 e. The number of nitrogens with zero attached hydrogens (tertiary/aromatic N) is 2. The molecule has 1 aliphatic carbocycles. The van der Waals surface area contributed by atoms with Crippen LogP contribution in [0.2, 0.25) is 0 Å². The van der Waals surface area contributed by atoms with Crippen LogP contribution in [0, 0.1) is 0 Å². The Morgan fingerprint density at radius 1 is 1.29 bits per heavy atom. The van der Waals surface area contributed by atoms with Gasteiger partial charge in [0.1, 0.15) is 24.0 Å². The average Bonchev–Trinajstić information content (AvgIpc) is 3.08. The van der Waals surface area contributed by atoms with E-state index in [1.54, 1.807) is 7.05 Å². The smallest absolute Gasteiger partial charge is 0.373 e. The summed E-state index contributed by atoms with van der Waals surface area (Å²) in [7, 11) is 1.67. The van der Waals surface area contributed by atoms with E-state index >= 15 is 0 Å². The molecular formula is C10H13F3N4. The van der Waals surface area contributed by atoms with Crippen molar-refractivity contribution < 1.29 is 13.2 Å². The molecule has 1 saturated carbocycles. The molecule has 2 N–H and O–H groups in total. The third kappa shape index (κ3) is 3.47. The molecule has 1 aromatic heterocycles. The second-order valence-corrected chi connectivity index (χ2v) is 3.99. The summed E-state index contributed by atoms with van der Waals surface area (Å²) in [5, 5.41) is 5.08. The number of rotatable bonds is 4. The molecule has 0 aromatic carbocycles. The van der Waals surface area contributed by atoms with E-state index in [1.165, 1.54) is 6.07 Å². The Labute approximate surface area is 96.7 Å². The number of aromatic nitrogens is 2. The molecule has 7 heteroatoms. The highest BCUT2D eigenvalue weighted by atomic mass is 19.4. The van der Waals surface area contributed by atoms with Crippen molar-refractivity contribution in [2.24, 2.45) is 0 Å². The van der Waals surface area contributed by atoms with Crippen molar-refractivity contribution in [1.82, 2.24) is 9.97 Å². The standard InChI is InChI=1S/C10H13F3N4/c1-14-7-4-8(15-5-10(11,12)13)17-9(16-7)6-2-3-6/h4,6H,2-3,5H2,1H3,(H2,14,15,16,17). The molecule has 0 bridgehead atoms. The summed E-state index contributed by atoms with van der Waals surface area (Å²) >= 11 is 0. The van der Waals surface area contributed by atoms with Crippen LogP contribution in [0.1, 0.15) is 24.6 Å². The molecule has 4 nitrogen and oxygen atoms in total. The third-order valence-corrected chi connectivity index (χ3v) is 2.41. The van der Waals surface area contributed by atoms with E-state index in [2.05, 4.69) is 20.6 Å². The molecule has 2 rings (SSSR count). The van der Waals surface area contributed by atoms with Gasteiger partial charge >= 0.3 is 6.18 Å². The lowest BCUT2D eigenvalue weighted by atomic mass is 10.3. The molecule has 1 fully saturated rings. The molecule has 94 valence electrons. The van der Waals surface area contributed by atoms with E-state index in [1.807, 2.05) is 0 Å². The quantitative estimate of drug-likeness (QED) is 0.856. The van der Waals surface area contributed by atoms with Crippen LogP contribution < -0.4 is 10.6 Å². The van der Waals surface area contributed by atoms with Gasteiger partial charge in [0.05, 0.1) is 0 Å². The lowest BCUT2D eigenvalue weighted by Crippen LogP contribution is -2.22. The van der Waals surface area contributed by atoms with E-state index < -0.39 is 12.7 Å². The highest BCUT2D eigenvalue weighted by molar-refractivity contribution is 5.47. The first-order valence-electron chi connectivity index (χ1n) is 5.35. The SMILES string of the molecule is CNc1cc(NCC(F)(F)F)nc(C2CC2)n1. The Kier molecular flexibility index (Phi) is 3.08. The van der Waals surface area contributed by atoms with Crippen molar-refractivity contribution in [3.8, 4) is 0 Å². The van der Waals surface area contributed by atoms with Crippen LogP contribution in [0.25, 0.3) is 0 Å². The van der Waals surface area contributed by atoms with Crippen LogP contribution in [-0.2, 0) is 0 Å². The number of hydrogen-bond acceptors (Lipinski definition) is 4. The first-order valence-corrected chi connectivity index (χ1v) is 5.35. The van der Waals surface area contributed by atoms with Crippen molar-refractivity contribution in [1.29, 1.82) is 0 Å². The first kappa shape index (κ1) is 11.9. The summed E-state index contributed by atoms with van der Waals surface area (Å²) in [5.74, 6) is 1.66. The van der Waals surface area contributed by atoms with Crippen LogP contribution in [0.5, 0.6) is 0 Å². The number of halogens is 3. The molecule has 0 aliphatic heterocycles. The van der Waals surface area contributed by atoms with Gasteiger partial charge in [-0.1, -0.05) is 0 Å². The Bertz CT molecular complexity index is 401. The Balaban J connectivity index is 2.12. The average molecular weight is 246 g/mol. The van der Waals surface area contributed by atoms with Gasteiger partial charge in [0, 0.05) is 19.0 Å². The summed E-state index contributed by atoms with van der Waals surface area (Å²) in [5.41, 5.74) is 0. The van der Waals surface area contributed by atoms with Gasteiger partial charge in [-0.15, -0.1) is 0 Å². The zero-order valence-electron chi connectivity index (χ0n) is 9.30. The maximum atomic E-state index is 12.1. The molecule has 0 unspecified atom stereocenters. The topological polar surface area (TPSA) is 49.8 Å². The summed E-state index contributed by atoms with van der Waals surface area (Å²) in [4.78, 5) is 8.30. The Morgan fingerprint density at radius 3 is 2.47 bits per heavy atom. The highest BCUT2D eigenvalue weighted by Gasteiger charge is 2.29. The van der Waals surface area contributed by atoms with E-state index in [0.29, 0.717) is 17.6 Å². The normalized spacial score (nSPS) is 15.8. The summed E-state index contributed by atoms with van der Waals surface area (Å²) in [6, 6.07) is 1.47. The van der Waals surface area contributed by atoms with Crippen molar-refractivity contribution in [2.45, 2.75) is 24.9 Å². The fourth-order valence-corrected chi connectivity index (χ4v) is 1.40. The summed E-state index contributed by atoms with van der Waals surface area (Å²) in [6.45, 7) is -1.09. The first-order chi connectivity index (χ1) is 7.98. The van der Waals surface area contributed by atoms with Crippen molar-refractivity contribution >= 4 is 11.6 Å². The Hall–Kier alpha value is -1.53. The zero-order valence-corrected chi connectivity index (χ0v) is 9.30. The van der Waals surface area contributed by atoms with Crippen LogP contribution >= 0.6 is 0 Å².